The zero-order chi connectivity index (χ0) is 13.2. The van der Waals surface area contributed by atoms with Crippen molar-refractivity contribution >= 4 is 5.91 Å². The third-order valence-corrected chi connectivity index (χ3v) is 3.68. The van der Waals surface area contributed by atoms with Crippen LogP contribution < -0.4 is 5.32 Å². The smallest absolute Gasteiger partial charge is 0.237 e. The molecule has 0 aromatic heterocycles. The Labute approximate surface area is 109 Å². The number of carbonyl (C=O) groups is 1. The van der Waals surface area contributed by atoms with Crippen molar-refractivity contribution in [3.05, 3.63) is 35.4 Å². The molecule has 0 bridgehead atoms. The molecule has 3 nitrogen and oxygen atoms in total. The Kier molecular flexibility index (Phi) is 3.71. The second-order valence-corrected chi connectivity index (χ2v) is 5.70. The van der Waals surface area contributed by atoms with E-state index in [0.717, 1.165) is 13.0 Å². The number of amides is 1. The first-order chi connectivity index (χ1) is 8.49. The van der Waals surface area contributed by atoms with E-state index in [1.165, 1.54) is 11.1 Å². The molecule has 1 aliphatic rings. The summed E-state index contributed by atoms with van der Waals surface area (Å²) in [6.45, 7) is 8.43. The van der Waals surface area contributed by atoms with E-state index in [0.29, 0.717) is 13.1 Å². The molecule has 1 aromatic carbocycles. The molecular formula is C15H22N2O. The Morgan fingerprint density at radius 3 is 2.61 bits per heavy atom. The van der Waals surface area contributed by atoms with Crippen LogP contribution >= 0.6 is 0 Å². The summed E-state index contributed by atoms with van der Waals surface area (Å²) in [6.07, 6.45) is 0.991. The van der Waals surface area contributed by atoms with Gasteiger partial charge in [0.25, 0.3) is 0 Å². The number of carbonyl (C=O) groups excluding carboxylic acids is 1. The molecule has 1 heterocycles. The van der Waals surface area contributed by atoms with Crippen LogP contribution in [0, 0.1) is 6.92 Å². The standard InChI is InChI=1S/C15H22N2O/c1-12-4-6-13(7-5-12)11-17-14(18)10-16-9-8-15(17,2)3/h4-7,16H,8-11H2,1-3H3. The molecule has 0 aliphatic carbocycles. The van der Waals surface area contributed by atoms with Crippen LogP contribution in [0.15, 0.2) is 24.3 Å². The summed E-state index contributed by atoms with van der Waals surface area (Å²) in [5.41, 5.74) is 2.37. The molecule has 0 saturated carbocycles. The third-order valence-electron chi connectivity index (χ3n) is 3.68. The summed E-state index contributed by atoms with van der Waals surface area (Å²) in [4.78, 5) is 14.2. The topological polar surface area (TPSA) is 32.3 Å². The zero-order valence-corrected chi connectivity index (χ0v) is 11.5. The minimum absolute atomic E-state index is 0.0779. The maximum absolute atomic E-state index is 12.2. The molecule has 0 atom stereocenters. The molecule has 0 radical (unpaired) electrons. The van der Waals surface area contributed by atoms with E-state index in [4.69, 9.17) is 0 Å². The number of nitrogens with zero attached hydrogens (tertiary/aromatic N) is 1. The van der Waals surface area contributed by atoms with Gasteiger partial charge >= 0.3 is 0 Å². The molecule has 1 saturated heterocycles. The van der Waals surface area contributed by atoms with Gasteiger partial charge in [-0.05, 0) is 39.3 Å². The van der Waals surface area contributed by atoms with Crippen LogP contribution in [-0.4, -0.2) is 29.4 Å². The monoisotopic (exact) mass is 246 g/mol. The Morgan fingerprint density at radius 1 is 1.28 bits per heavy atom. The molecule has 0 spiro atoms. The van der Waals surface area contributed by atoms with Crippen LogP contribution in [0.25, 0.3) is 0 Å². The van der Waals surface area contributed by atoms with Gasteiger partial charge in [-0.3, -0.25) is 4.79 Å². The second kappa shape index (κ2) is 5.11. The van der Waals surface area contributed by atoms with Crippen molar-refractivity contribution in [1.29, 1.82) is 0 Å². The summed E-state index contributed by atoms with van der Waals surface area (Å²) >= 11 is 0. The van der Waals surface area contributed by atoms with E-state index in [-0.39, 0.29) is 11.4 Å². The largest absolute Gasteiger partial charge is 0.332 e. The highest BCUT2D eigenvalue weighted by Gasteiger charge is 2.32. The molecule has 1 aromatic rings. The lowest BCUT2D eigenvalue weighted by Gasteiger charge is -2.37. The van der Waals surface area contributed by atoms with Gasteiger partial charge in [-0.2, -0.15) is 0 Å². The number of nitrogens with one attached hydrogen (secondary N) is 1. The number of hydrogen-bond acceptors (Lipinski definition) is 2. The fourth-order valence-corrected chi connectivity index (χ4v) is 2.34. The van der Waals surface area contributed by atoms with Gasteiger partial charge in [0.1, 0.15) is 0 Å². The summed E-state index contributed by atoms with van der Waals surface area (Å²) in [7, 11) is 0. The van der Waals surface area contributed by atoms with Crippen molar-refractivity contribution in [3.8, 4) is 0 Å². The van der Waals surface area contributed by atoms with E-state index >= 15 is 0 Å². The molecule has 0 unspecified atom stereocenters. The van der Waals surface area contributed by atoms with Gasteiger partial charge in [0.05, 0.1) is 6.54 Å². The first-order valence-corrected chi connectivity index (χ1v) is 6.56. The van der Waals surface area contributed by atoms with Crippen LogP contribution in [0.2, 0.25) is 0 Å². The van der Waals surface area contributed by atoms with E-state index in [1.807, 2.05) is 4.90 Å². The highest BCUT2D eigenvalue weighted by atomic mass is 16.2. The molecule has 98 valence electrons. The number of benzene rings is 1. The predicted molar refractivity (Wildman–Crippen MR) is 73.3 cm³/mol. The highest BCUT2D eigenvalue weighted by molar-refractivity contribution is 5.79. The SMILES string of the molecule is Cc1ccc(CN2C(=O)CNCCC2(C)C)cc1. The van der Waals surface area contributed by atoms with Gasteiger partial charge < -0.3 is 10.2 Å². The first-order valence-electron chi connectivity index (χ1n) is 6.56. The van der Waals surface area contributed by atoms with Gasteiger partial charge in [-0.25, -0.2) is 0 Å². The van der Waals surface area contributed by atoms with Gasteiger partial charge in [-0.15, -0.1) is 0 Å². The van der Waals surface area contributed by atoms with Crippen molar-refractivity contribution in [2.45, 2.75) is 39.3 Å². The summed E-state index contributed by atoms with van der Waals surface area (Å²) in [5.74, 6) is 0.193. The van der Waals surface area contributed by atoms with Crippen molar-refractivity contribution < 1.29 is 4.79 Å². The Hall–Kier alpha value is -1.35. The van der Waals surface area contributed by atoms with E-state index in [2.05, 4.69) is 50.4 Å². The van der Waals surface area contributed by atoms with Gasteiger partial charge in [0.15, 0.2) is 0 Å². The van der Waals surface area contributed by atoms with Crippen LogP contribution in [0.1, 0.15) is 31.4 Å². The lowest BCUT2D eigenvalue weighted by molar-refractivity contribution is -0.135. The quantitative estimate of drug-likeness (QED) is 0.866. The second-order valence-electron chi connectivity index (χ2n) is 5.70. The average Bonchev–Trinajstić information content (AvgIpc) is 2.44. The third kappa shape index (κ3) is 2.91. The summed E-state index contributed by atoms with van der Waals surface area (Å²) in [5, 5.41) is 3.19. The Morgan fingerprint density at radius 2 is 1.94 bits per heavy atom. The van der Waals surface area contributed by atoms with Gasteiger partial charge in [0.2, 0.25) is 5.91 Å². The minimum Gasteiger partial charge on any atom is -0.332 e. The maximum Gasteiger partial charge on any atom is 0.237 e. The van der Waals surface area contributed by atoms with Crippen molar-refractivity contribution in [3.63, 3.8) is 0 Å². The Bertz CT molecular complexity index is 423. The van der Waals surface area contributed by atoms with E-state index in [1.54, 1.807) is 0 Å². The molecule has 1 fully saturated rings. The number of hydrogen-bond donors (Lipinski definition) is 1. The van der Waals surface area contributed by atoms with Gasteiger partial charge in [-0.1, -0.05) is 29.8 Å². The average molecular weight is 246 g/mol. The normalized spacial score (nSPS) is 19.7. The van der Waals surface area contributed by atoms with Crippen LogP contribution in [0.4, 0.5) is 0 Å². The number of aryl methyl sites for hydroxylation is 1. The van der Waals surface area contributed by atoms with Crippen molar-refractivity contribution in [2.24, 2.45) is 0 Å². The molecule has 1 amide bonds. The molecule has 1 aliphatic heterocycles. The van der Waals surface area contributed by atoms with E-state index < -0.39 is 0 Å². The fourth-order valence-electron chi connectivity index (χ4n) is 2.34. The first kappa shape index (κ1) is 13.1. The lowest BCUT2D eigenvalue weighted by atomic mass is 9.97. The zero-order valence-electron chi connectivity index (χ0n) is 11.5. The van der Waals surface area contributed by atoms with Crippen LogP contribution in [-0.2, 0) is 11.3 Å². The Balaban J connectivity index is 2.18. The molecule has 3 heteroatoms. The van der Waals surface area contributed by atoms with Crippen LogP contribution in [0.3, 0.4) is 0 Å². The molecule has 2 rings (SSSR count). The lowest BCUT2D eigenvalue weighted by Crippen LogP contribution is -2.47. The van der Waals surface area contributed by atoms with Crippen molar-refractivity contribution in [1.82, 2.24) is 10.2 Å². The molecular weight excluding hydrogens is 224 g/mol. The molecule has 18 heavy (non-hydrogen) atoms. The predicted octanol–water partition coefficient (Wildman–Crippen LogP) is 2.10. The molecule has 1 N–H and O–H groups in total. The van der Waals surface area contributed by atoms with Crippen LogP contribution in [0.5, 0.6) is 0 Å². The maximum atomic E-state index is 12.2. The minimum atomic E-state index is -0.0779. The highest BCUT2D eigenvalue weighted by Crippen LogP contribution is 2.23. The number of rotatable bonds is 2. The van der Waals surface area contributed by atoms with Gasteiger partial charge in [0, 0.05) is 12.1 Å². The van der Waals surface area contributed by atoms with E-state index in [9.17, 15) is 4.79 Å². The van der Waals surface area contributed by atoms with Crippen molar-refractivity contribution in [2.75, 3.05) is 13.1 Å². The summed E-state index contributed by atoms with van der Waals surface area (Å²) < 4.78 is 0. The summed E-state index contributed by atoms with van der Waals surface area (Å²) in [6, 6.07) is 8.42. The fraction of sp³-hybridized carbons (Fsp3) is 0.533.